The summed E-state index contributed by atoms with van der Waals surface area (Å²) in [5, 5.41) is 8.79. The molecule has 3 aromatic heterocycles. The molecule has 0 atom stereocenters. The molecule has 4 rings (SSSR count). The Labute approximate surface area is 152 Å². The van der Waals surface area contributed by atoms with E-state index < -0.39 is 6.09 Å². The highest BCUT2D eigenvalue weighted by atomic mass is 35.5. The molecule has 1 amide bonds. The summed E-state index contributed by atoms with van der Waals surface area (Å²) in [5.74, 6) is 0. The molecule has 1 saturated heterocycles. The molecule has 130 valence electrons. The lowest BCUT2D eigenvalue weighted by atomic mass is 10.3. The number of hydrogen-bond acceptors (Lipinski definition) is 3. The molecule has 6 nitrogen and oxygen atoms in total. The lowest BCUT2D eigenvalue weighted by Gasteiger charge is -2.34. The fourth-order valence-corrected chi connectivity index (χ4v) is 2.51. The molecule has 4 heterocycles. The Morgan fingerprint density at radius 2 is 1.42 bits per heavy atom. The van der Waals surface area contributed by atoms with Gasteiger partial charge in [-0.1, -0.05) is 0 Å². The van der Waals surface area contributed by atoms with Crippen molar-refractivity contribution in [3.05, 3.63) is 48.8 Å². The highest BCUT2D eigenvalue weighted by Crippen LogP contribution is 2.14. The maximum Gasteiger partial charge on any atom is 0.407 e. The average molecular weight is 371 g/mol. The standard InChI is InChI=1S/C10H13N3O2.C6H5N.2ClH/c14-10(15)13-7-5-12(6-8-13)9-1-3-11-4-2-9;1-2-6-4-3-5(1)7-6;;/h1-4H,5-8H2,(H,14,15);1-4,7H;2*1H. The Hall–Kier alpha value is -2.18. The molecule has 0 aromatic carbocycles. The van der Waals surface area contributed by atoms with E-state index in [9.17, 15) is 4.79 Å². The molecule has 2 N–H and O–H groups in total. The van der Waals surface area contributed by atoms with Gasteiger partial charge in [-0.15, -0.1) is 24.8 Å². The van der Waals surface area contributed by atoms with Crippen molar-refractivity contribution in [1.29, 1.82) is 0 Å². The number of carbonyl (C=O) groups is 1. The second-order valence-electron chi connectivity index (χ2n) is 5.16. The van der Waals surface area contributed by atoms with Crippen LogP contribution in [0.1, 0.15) is 0 Å². The van der Waals surface area contributed by atoms with Gasteiger partial charge in [0.05, 0.1) is 0 Å². The molecule has 1 aliphatic heterocycles. The lowest BCUT2D eigenvalue weighted by Crippen LogP contribution is -2.48. The Kier molecular flexibility index (Phi) is 7.61. The number of pyridine rings is 1. The van der Waals surface area contributed by atoms with Crippen molar-refractivity contribution in [2.45, 2.75) is 0 Å². The quantitative estimate of drug-likeness (QED) is 0.688. The fourth-order valence-electron chi connectivity index (χ4n) is 2.51. The fraction of sp³-hybridized carbons (Fsp3) is 0.250. The minimum Gasteiger partial charge on any atom is -0.465 e. The summed E-state index contributed by atoms with van der Waals surface area (Å²) in [6.07, 6.45) is 2.67. The van der Waals surface area contributed by atoms with Gasteiger partial charge in [0.15, 0.2) is 0 Å². The third-order valence-corrected chi connectivity index (χ3v) is 3.75. The Bertz CT molecular complexity index is 669. The van der Waals surface area contributed by atoms with Crippen molar-refractivity contribution >= 4 is 47.6 Å². The number of H-pyrrole nitrogens is 1. The van der Waals surface area contributed by atoms with Crippen molar-refractivity contribution in [2.24, 2.45) is 0 Å². The smallest absolute Gasteiger partial charge is 0.407 e. The highest BCUT2D eigenvalue weighted by Gasteiger charge is 2.20. The molecular weight excluding hydrogens is 351 g/mol. The predicted molar refractivity (Wildman–Crippen MR) is 100 cm³/mol. The first-order valence-electron chi connectivity index (χ1n) is 7.22. The normalized spacial score (nSPS) is 13.5. The minimum absolute atomic E-state index is 0. The Morgan fingerprint density at radius 3 is 1.79 bits per heavy atom. The highest BCUT2D eigenvalue weighted by molar-refractivity contribution is 5.85. The molecule has 1 aliphatic rings. The molecule has 0 unspecified atom stereocenters. The van der Waals surface area contributed by atoms with E-state index in [0.717, 1.165) is 18.8 Å². The van der Waals surface area contributed by atoms with Crippen molar-refractivity contribution in [3.8, 4) is 0 Å². The van der Waals surface area contributed by atoms with Crippen molar-refractivity contribution in [3.63, 3.8) is 0 Å². The van der Waals surface area contributed by atoms with Crippen molar-refractivity contribution < 1.29 is 9.90 Å². The number of benzene rings is 1. The topological polar surface area (TPSA) is 72.5 Å². The van der Waals surface area contributed by atoms with Crippen LogP contribution in [-0.4, -0.2) is 52.2 Å². The van der Waals surface area contributed by atoms with Crippen molar-refractivity contribution in [2.75, 3.05) is 31.1 Å². The first-order chi connectivity index (χ1) is 10.7. The summed E-state index contributed by atoms with van der Waals surface area (Å²) in [4.78, 5) is 21.4. The van der Waals surface area contributed by atoms with E-state index in [0.29, 0.717) is 13.1 Å². The molecule has 0 saturated carbocycles. The van der Waals surface area contributed by atoms with Crippen LogP contribution in [0.4, 0.5) is 10.5 Å². The van der Waals surface area contributed by atoms with E-state index in [2.05, 4.69) is 39.1 Å². The number of aromatic nitrogens is 2. The number of halogens is 2. The number of hydrogen-bond donors (Lipinski definition) is 2. The van der Waals surface area contributed by atoms with Gasteiger partial charge in [-0.25, -0.2) is 4.79 Å². The summed E-state index contributed by atoms with van der Waals surface area (Å²) in [6, 6.07) is 12.1. The van der Waals surface area contributed by atoms with Crippen LogP contribution in [-0.2, 0) is 0 Å². The summed E-state index contributed by atoms with van der Waals surface area (Å²) in [6.45, 7) is 2.63. The number of nitrogens with one attached hydrogen (secondary N) is 1. The van der Waals surface area contributed by atoms with Gasteiger partial charge < -0.3 is 19.9 Å². The zero-order chi connectivity index (χ0) is 15.4. The monoisotopic (exact) mass is 370 g/mol. The number of carboxylic acid groups (broad SMARTS) is 1. The van der Waals surface area contributed by atoms with Crippen LogP contribution in [0.25, 0.3) is 11.0 Å². The SMILES string of the molecule is Cl.Cl.O=C(O)N1CCN(c2ccncc2)CC1.c1cc2ccc1[nH]2. The Morgan fingerprint density at radius 1 is 0.917 bits per heavy atom. The number of nitrogens with zero attached hydrogens (tertiary/aromatic N) is 3. The number of rotatable bonds is 1. The van der Waals surface area contributed by atoms with Crippen LogP contribution in [0.5, 0.6) is 0 Å². The Balaban J connectivity index is 0.000000270. The van der Waals surface area contributed by atoms with E-state index in [4.69, 9.17) is 5.11 Å². The van der Waals surface area contributed by atoms with Crippen LogP contribution in [0.3, 0.4) is 0 Å². The summed E-state index contributed by atoms with van der Waals surface area (Å²) in [7, 11) is 0. The van der Waals surface area contributed by atoms with Crippen LogP contribution >= 0.6 is 24.8 Å². The maximum atomic E-state index is 10.7. The molecular formula is C16H20Cl2N4O2. The van der Waals surface area contributed by atoms with E-state index in [1.165, 1.54) is 15.9 Å². The van der Waals surface area contributed by atoms with Gasteiger partial charge in [-0.3, -0.25) is 4.98 Å². The molecule has 24 heavy (non-hydrogen) atoms. The van der Waals surface area contributed by atoms with E-state index in [1.807, 2.05) is 12.1 Å². The van der Waals surface area contributed by atoms with Gasteiger partial charge in [0, 0.05) is 55.3 Å². The maximum absolute atomic E-state index is 10.7. The van der Waals surface area contributed by atoms with Gasteiger partial charge in [-0.2, -0.15) is 0 Å². The second kappa shape index (κ2) is 9.20. The summed E-state index contributed by atoms with van der Waals surface area (Å²) < 4.78 is 0. The molecule has 2 bridgehead atoms. The zero-order valence-corrected chi connectivity index (χ0v) is 14.6. The molecule has 8 heteroatoms. The van der Waals surface area contributed by atoms with Crippen LogP contribution < -0.4 is 4.90 Å². The number of piperazine rings is 1. The van der Waals surface area contributed by atoms with Gasteiger partial charge in [0.2, 0.25) is 0 Å². The van der Waals surface area contributed by atoms with E-state index in [1.54, 1.807) is 12.4 Å². The van der Waals surface area contributed by atoms with Crippen LogP contribution in [0.2, 0.25) is 0 Å². The first-order valence-corrected chi connectivity index (χ1v) is 7.22. The van der Waals surface area contributed by atoms with Gasteiger partial charge in [0.1, 0.15) is 0 Å². The van der Waals surface area contributed by atoms with Crippen LogP contribution in [0, 0.1) is 0 Å². The molecule has 0 radical (unpaired) electrons. The van der Waals surface area contributed by atoms with E-state index >= 15 is 0 Å². The van der Waals surface area contributed by atoms with Crippen LogP contribution in [0.15, 0.2) is 48.8 Å². The summed E-state index contributed by atoms with van der Waals surface area (Å²) >= 11 is 0. The molecule has 1 fully saturated rings. The number of anilines is 1. The van der Waals surface area contributed by atoms with Crippen molar-refractivity contribution in [1.82, 2.24) is 14.9 Å². The minimum atomic E-state index is -0.829. The molecule has 3 aromatic rings. The number of aromatic amines is 1. The molecule has 0 spiro atoms. The van der Waals surface area contributed by atoms with Gasteiger partial charge in [-0.05, 0) is 36.4 Å². The number of amides is 1. The lowest BCUT2D eigenvalue weighted by molar-refractivity contribution is 0.142. The largest absolute Gasteiger partial charge is 0.465 e. The molecule has 0 aliphatic carbocycles. The zero-order valence-electron chi connectivity index (χ0n) is 13.0. The average Bonchev–Trinajstić information content (AvgIpc) is 3.22. The third kappa shape index (κ3) is 4.91. The number of fused-ring (bicyclic) bond motifs is 2. The summed E-state index contributed by atoms with van der Waals surface area (Å²) in [5.41, 5.74) is 3.54. The second-order valence-corrected chi connectivity index (χ2v) is 5.16. The van der Waals surface area contributed by atoms with Gasteiger partial charge in [0.25, 0.3) is 0 Å². The predicted octanol–water partition coefficient (Wildman–Crippen LogP) is 3.33. The third-order valence-electron chi connectivity index (χ3n) is 3.75. The first kappa shape index (κ1) is 19.9. The van der Waals surface area contributed by atoms with E-state index in [-0.39, 0.29) is 24.8 Å². The van der Waals surface area contributed by atoms with Gasteiger partial charge >= 0.3 is 6.09 Å².